The van der Waals surface area contributed by atoms with Crippen LogP contribution in [0.2, 0.25) is 0 Å². The Balaban J connectivity index is 1.68. The predicted molar refractivity (Wildman–Crippen MR) is 153 cm³/mol. The third-order valence-corrected chi connectivity index (χ3v) is 9.03. The second kappa shape index (κ2) is 7.58. The maximum Gasteiger partial charge on any atom is -0.00921 e. The van der Waals surface area contributed by atoms with Gasteiger partial charge in [0.1, 0.15) is 0 Å². The minimum atomic E-state index is 0.211. The second-order valence-electron chi connectivity index (χ2n) is 14.3. The normalized spacial score (nSPS) is 20.7. The maximum atomic E-state index is 2.50. The van der Waals surface area contributed by atoms with Crippen LogP contribution in [-0.2, 0) is 21.7 Å². The van der Waals surface area contributed by atoms with Crippen molar-refractivity contribution in [1.29, 1.82) is 0 Å². The van der Waals surface area contributed by atoms with Crippen molar-refractivity contribution in [2.45, 2.75) is 110 Å². The van der Waals surface area contributed by atoms with Gasteiger partial charge in [-0.15, -0.1) is 0 Å². The minimum Gasteiger partial charge on any atom is -0.0610 e. The van der Waals surface area contributed by atoms with Gasteiger partial charge in [-0.2, -0.15) is 0 Å². The molecule has 2 aliphatic rings. The lowest BCUT2D eigenvalue weighted by atomic mass is 9.81. The lowest BCUT2D eigenvalue weighted by Crippen LogP contribution is -2.18. The standard InChI is InChI=1S/C35H44/c1-22(2)31-25(23-14-16-27-29(18-23)34(7,8)20-32(27,3)4)12-11-13-26(31)24-15-17-28-30(19-24)35(9,10)21-33(28,5)6/h11-19,22H,20-21H2,1-10H3. The van der Waals surface area contributed by atoms with Gasteiger partial charge >= 0.3 is 0 Å². The predicted octanol–water partition coefficient (Wildman–Crippen LogP) is 10.1. The summed E-state index contributed by atoms with van der Waals surface area (Å²) in [5.41, 5.74) is 14.0. The molecule has 0 radical (unpaired) electrons. The van der Waals surface area contributed by atoms with Gasteiger partial charge in [-0.05, 0) is 90.5 Å². The van der Waals surface area contributed by atoms with Crippen molar-refractivity contribution in [1.82, 2.24) is 0 Å². The number of hydrogen-bond acceptors (Lipinski definition) is 0. The Morgan fingerprint density at radius 1 is 0.514 bits per heavy atom. The molecule has 0 saturated heterocycles. The van der Waals surface area contributed by atoms with Crippen LogP contribution in [0.3, 0.4) is 0 Å². The number of rotatable bonds is 3. The van der Waals surface area contributed by atoms with E-state index in [9.17, 15) is 0 Å². The van der Waals surface area contributed by atoms with Crippen LogP contribution in [0.15, 0.2) is 54.6 Å². The van der Waals surface area contributed by atoms with Crippen molar-refractivity contribution in [3.8, 4) is 22.3 Å². The van der Waals surface area contributed by atoms with E-state index < -0.39 is 0 Å². The van der Waals surface area contributed by atoms with Crippen LogP contribution in [0.5, 0.6) is 0 Å². The highest BCUT2D eigenvalue weighted by Crippen LogP contribution is 2.52. The molecular formula is C35H44. The molecule has 0 fully saturated rings. The van der Waals surface area contributed by atoms with Gasteiger partial charge in [-0.3, -0.25) is 0 Å². The Kier molecular flexibility index (Phi) is 5.28. The van der Waals surface area contributed by atoms with Crippen molar-refractivity contribution < 1.29 is 0 Å². The van der Waals surface area contributed by atoms with Crippen molar-refractivity contribution in [2.24, 2.45) is 0 Å². The molecule has 0 atom stereocenters. The molecule has 5 rings (SSSR count). The molecule has 0 spiro atoms. The summed E-state index contributed by atoms with van der Waals surface area (Å²) in [4.78, 5) is 0. The largest absolute Gasteiger partial charge is 0.0610 e. The molecule has 0 nitrogen and oxygen atoms in total. The summed E-state index contributed by atoms with van der Waals surface area (Å²) in [7, 11) is 0. The zero-order valence-electron chi connectivity index (χ0n) is 23.7. The first-order valence-electron chi connectivity index (χ1n) is 13.6. The zero-order valence-corrected chi connectivity index (χ0v) is 23.7. The molecular weight excluding hydrogens is 420 g/mol. The van der Waals surface area contributed by atoms with E-state index in [4.69, 9.17) is 0 Å². The summed E-state index contributed by atoms with van der Waals surface area (Å²) in [6, 6.07) is 21.5. The monoisotopic (exact) mass is 464 g/mol. The third-order valence-electron chi connectivity index (χ3n) is 9.03. The fourth-order valence-electron chi connectivity index (χ4n) is 8.01. The summed E-state index contributed by atoms with van der Waals surface area (Å²) in [6.07, 6.45) is 2.41. The van der Waals surface area contributed by atoms with Gasteiger partial charge in [-0.25, -0.2) is 0 Å². The van der Waals surface area contributed by atoms with Crippen LogP contribution in [0.4, 0.5) is 0 Å². The summed E-state index contributed by atoms with van der Waals surface area (Å²) >= 11 is 0. The average Bonchev–Trinajstić information content (AvgIpc) is 3.07. The molecule has 2 aliphatic carbocycles. The number of fused-ring (bicyclic) bond motifs is 2. The Bertz CT molecular complexity index is 1210. The van der Waals surface area contributed by atoms with Crippen LogP contribution in [0.1, 0.15) is 116 Å². The van der Waals surface area contributed by atoms with Crippen LogP contribution in [0.25, 0.3) is 22.3 Å². The highest BCUT2D eigenvalue weighted by atomic mass is 14.5. The highest BCUT2D eigenvalue weighted by molar-refractivity contribution is 5.81. The fraction of sp³-hybridized carbons (Fsp3) is 0.486. The summed E-state index contributed by atoms with van der Waals surface area (Å²) in [6.45, 7) is 24.0. The van der Waals surface area contributed by atoms with E-state index >= 15 is 0 Å². The zero-order chi connectivity index (χ0) is 25.6. The number of benzene rings is 3. The van der Waals surface area contributed by atoms with Crippen molar-refractivity contribution in [2.75, 3.05) is 0 Å². The third kappa shape index (κ3) is 3.80. The van der Waals surface area contributed by atoms with Gasteiger partial charge in [0.2, 0.25) is 0 Å². The van der Waals surface area contributed by atoms with E-state index in [1.54, 1.807) is 0 Å². The van der Waals surface area contributed by atoms with E-state index in [-0.39, 0.29) is 21.7 Å². The molecule has 35 heavy (non-hydrogen) atoms. The minimum absolute atomic E-state index is 0.211. The number of hydrogen-bond donors (Lipinski definition) is 0. The average molecular weight is 465 g/mol. The van der Waals surface area contributed by atoms with Crippen molar-refractivity contribution in [3.05, 3.63) is 82.4 Å². The molecule has 0 heteroatoms. The summed E-state index contributed by atoms with van der Waals surface area (Å²) < 4.78 is 0. The molecule has 0 N–H and O–H groups in total. The van der Waals surface area contributed by atoms with Crippen molar-refractivity contribution in [3.63, 3.8) is 0 Å². The molecule has 0 bridgehead atoms. The Hall–Kier alpha value is -2.34. The topological polar surface area (TPSA) is 0 Å². The molecule has 3 aromatic rings. The van der Waals surface area contributed by atoms with Gasteiger partial charge in [-0.1, -0.05) is 124 Å². The Labute approximate surface area is 214 Å². The van der Waals surface area contributed by atoms with E-state index in [1.165, 1.54) is 62.9 Å². The van der Waals surface area contributed by atoms with E-state index in [0.717, 1.165) is 0 Å². The lowest BCUT2D eigenvalue weighted by molar-refractivity contribution is 0.402. The van der Waals surface area contributed by atoms with Gasteiger partial charge in [0, 0.05) is 0 Å². The lowest BCUT2D eigenvalue weighted by Gasteiger charge is -2.23. The molecule has 0 saturated carbocycles. The highest BCUT2D eigenvalue weighted by Gasteiger charge is 2.43. The first-order chi connectivity index (χ1) is 16.1. The Morgan fingerprint density at radius 3 is 1.26 bits per heavy atom. The second-order valence-corrected chi connectivity index (χ2v) is 14.3. The summed E-state index contributed by atoms with van der Waals surface area (Å²) in [5.74, 6) is 0.441. The first kappa shape index (κ1) is 24.4. The van der Waals surface area contributed by atoms with Crippen LogP contribution < -0.4 is 0 Å². The van der Waals surface area contributed by atoms with E-state index in [2.05, 4.69) is 124 Å². The smallest absolute Gasteiger partial charge is 0.00921 e. The van der Waals surface area contributed by atoms with Crippen LogP contribution in [0, 0.1) is 0 Å². The van der Waals surface area contributed by atoms with Gasteiger partial charge in [0.25, 0.3) is 0 Å². The molecule has 184 valence electrons. The van der Waals surface area contributed by atoms with E-state index in [1.807, 2.05) is 0 Å². The van der Waals surface area contributed by atoms with Crippen molar-refractivity contribution >= 4 is 0 Å². The van der Waals surface area contributed by atoms with Gasteiger partial charge < -0.3 is 0 Å². The molecule has 0 aromatic heterocycles. The quantitative estimate of drug-likeness (QED) is 0.362. The van der Waals surface area contributed by atoms with Gasteiger partial charge in [0.15, 0.2) is 0 Å². The summed E-state index contributed by atoms with van der Waals surface area (Å²) in [5, 5.41) is 0. The van der Waals surface area contributed by atoms with Crippen LogP contribution in [-0.4, -0.2) is 0 Å². The van der Waals surface area contributed by atoms with Crippen LogP contribution >= 0.6 is 0 Å². The fourth-order valence-corrected chi connectivity index (χ4v) is 8.01. The van der Waals surface area contributed by atoms with Gasteiger partial charge in [0.05, 0.1) is 0 Å². The molecule has 3 aromatic carbocycles. The first-order valence-corrected chi connectivity index (χ1v) is 13.6. The SMILES string of the molecule is CC(C)c1c(-c2ccc3c(c2)C(C)(C)CC3(C)C)cccc1-c1ccc2c(c1)C(C)(C)CC2(C)C. The Morgan fingerprint density at radius 2 is 0.886 bits per heavy atom. The molecule has 0 amide bonds. The molecule has 0 aliphatic heterocycles. The van der Waals surface area contributed by atoms with E-state index in [0.29, 0.717) is 5.92 Å². The molecule has 0 heterocycles. The molecule has 0 unspecified atom stereocenters. The maximum absolute atomic E-state index is 2.50.